The molecule has 0 fully saturated rings. The summed E-state index contributed by atoms with van der Waals surface area (Å²) in [5.74, 6) is -2.23. The number of carbonyl (C=O) groups is 1. The minimum atomic E-state index is -0.962. The second-order valence-corrected chi connectivity index (χ2v) is 3.38. The van der Waals surface area contributed by atoms with Crippen molar-refractivity contribution >= 4 is 5.91 Å². The summed E-state index contributed by atoms with van der Waals surface area (Å²) in [4.78, 5) is 11.3. The number of nitrogens with two attached hydrogens (primary N) is 1. The molecule has 0 aliphatic carbocycles. The zero-order valence-corrected chi connectivity index (χ0v) is 8.80. The first-order valence-electron chi connectivity index (χ1n) is 5.05. The summed E-state index contributed by atoms with van der Waals surface area (Å²) in [6.07, 6.45) is 0.505. The highest BCUT2D eigenvalue weighted by atomic mass is 19.2. The highest BCUT2D eigenvalue weighted by Gasteiger charge is 2.10. The molecule has 0 atom stereocenters. The van der Waals surface area contributed by atoms with Crippen LogP contribution in [0.15, 0.2) is 18.2 Å². The maximum absolute atomic E-state index is 13.2. The fourth-order valence-corrected chi connectivity index (χ4v) is 1.25. The minimum absolute atomic E-state index is 0.0604. The topological polar surface area (TPSA) is 55.1 Å². The van der Waals surface area contributed by atoms with Crippen molar-refractivity contribution in [2.45, 2.75) is 12.8 Å². The molecule has 0 radical (unpaired) electrons. The van der Waals surface area contributed by atoms with Crippen molar-refractivity contribution in [2.75, 3.05) is 13.1 Å². The molecule has 0 saturated carbocycles. The van der Waals surface area contributed by atoms with Crippen molar-refractivity contribution < 1.29 is 13.6 Å². The lowest BCUT2D eigenvalue weighted by Crippen LogP contribution is -2.27. The first-order chi connectivity index (χ1) is 7.65. The Morgan fingerprint density at radius 2 is 2.12 bits per heavy atom. The molecular weight excluding hydrogens is 214 g/mol. The largest absolute Gasteiger partial charge is 0.356 e. The van der Waals surface area contributed by atoms with Crippen molar-refractivity contribution in [1.29, 1.82) is 0 Å². The molecule has 0 unspecified atom stereocenters. The Labute approximate surface area is 92.6 Å². The Bertz CT molecular complexity index is 369. The highest BCUT2D eigenvalue weighted by molar-refractivity contribution is 5.78. The van der Waals surface area contributed by atoms with Crippen molar-refractivity contribution in [3.63, 3.8) is 0 Å². The Morgan fingerprint density at radius 1 is 1.38 bits per heavy atom. The van der Waals surface area contributed by atoms with E-state index in [1.165, 1.54) is 12.1 Å². The van der Waals surface area contributed by atoms with E-state index in [4.69, 9.17) is 5.73 Å². The van der Waals surface area contributed by atoms with Crippen LogP contribution in [0, 0.1) is 11.6 Å². The number of halogens is 2. The number of hydrogen-bond acceptors (Lipinski definition) is 2. The molecule has 5 heteroatoms. The van der Waals surface area contributed by atoms with Crippen LogP contribution in [0.1, 0.15) is 12.0 Å². The number of hydrogen-bond donors (Lipinski definition) is 2. The molecule has 88 valence electrons. The highest BCUT2D eigenvalue weighted by Crippen LogP contribution is 2.11. The van der Waals surface area contributed by atoms with E-state index in [-0.39, 0.29) is 17.9 Å². The molecule has 1 amide bonds. The molecule has 16 heavy (non-hydrogen) atoms. The van der Waals surface area contributed by atoms with E-state index >= 15 is 0 Å². The molecule has 0 aromatic heterocycles. The maximum Gasteiger partial charge on any atom is 0.224 e. The average molecular weight is 228 g/mol. The number of benzene rings is 1. The standard InChI is InChI=1S/C11H14F2N2O/c12-9-4-1-3-8(11(9)13)7-10(16)15-6-2-5-14/h1,3-4H,2,5-7,14H2,(H,15,16). The minimum Gasteiger partial charge on any atom is -0.356 e. The summed E-state index contributed by atoms with van der Waals surface area (Å²) in [7, 11) is 0. The van der Waals surface area contributed by atoms with Gasteiger partial charge in [-0.05, 0) is 19.0 Å². The third kappa shape index (κ3) is 3.58. The summed E-state index contributed by atoms with van der Waals surface area (Å²) < 4.78 is 26.0. The van der Waals surface area contributed by atoms with Gasteiger partial charge in [-0.25, -0.2) is 8.78 Å². The summed E-state index contributed by atoms with van der Waals surface area (Å²) in [6.45, 7) is 0.931. The third-order valence-corrected chi connectivity index (χ3v) is 2.09. The average Bonchev–Trinajstić information content (AvgIpc) is 2.25. The lowest BCUT2D eigenvalue weighted by Gasteiger charge is -2.05. The predicted octanol–water partition coefficient (Wildman–Crippen LogP) is 0.972. The van der Waals surface area contributed by atoms with E-state index in [0.29, 0.717) is 19.5 Å². The molecule has 1 rings (SSSR count). The Kier molecular flexibility index (Phi) is 4.85. The van der Waals surface area contributed by atoms with Crippen LogP contribution in [0.3, 0.4) is 0 Å². The van der Waals surface area contributed by atoms with Gasteiger partial charge in [0, 0.05) is 12.1 Å². The molecule has 1 aromatic carbocycles. The van der Waals surface area contributed by atoms with Gasteiger partial charge in [-0.15, -0.1) is 0 Å². The van der Waals surface area contributed by atoms with Crippen LogP contribution >= 0.6 is 0 Å². The van der Waals surface area contributed by atoms with Gasteiger partial charge >= 0.3 is 0 Å². The SMILES string of the molecule is NCCCNC(=O)Cc1cccc(F)c1F. The predicted molar refractivity (Wildman–Crippen MR) is 56.7 cm³/mol. The molecule has 0 saturated heterocycles. The fourth-order valence-electron chi connectivity index (χ4n) is 1.25. The van der Waals surface area contributed by atoms with Crippen LogP contribution in [-0.2, 0) is 11.2 Å². The normalized spacial score (nSPS) is 10.2. The van der Waals surface area contributed by atoms with Gasteiger partial charge in [0.15, 0.2) is 11.6 Å². The van der Waals surface area contributed by atoms with E-state index < -0.39 is 11.6 Å². The number of nitrogens with one attached hydrogen (secondary N) is 1. The first kappa shape index (κ1) is 12.6. The Morgan fingerprint density at radius 3 is 2.81 bits per heavy atom. The van der Waals surface area contributed by atoms with Crippen LogP contribution in [0.5, 0.6) is 0 Å². The maximum atomic E-state index is 13.2. The van der Waals surface area contributed by atoms with Gasteiger partial charge in [0.05, 0.1) is 6.42 Å². The molecule has 0 heterocycles. The number of amides is 1. The van der Waals surface area contributed by atoms with Gasteiger partial charge < -0.3 is 11.1 Å². The van der Waals surface area contributed by atoms with Gasteiger partial charge in [-0.2, -0.15) is 0 Å². The zero-order valence-electron chi connectivity index (χ0n) is 8.80. The van der Waals surface area contributed by atoms with Crippen molar-refractivity contribution in [3.8, 4) is 0 Å². The van der Waals surface area contributed by atoms with E-state index in [1.54, 1.807) is 0 Å². The summed E-state index contributed by atoms with van der Waals surface area (Å²) in [6, 6.07) is 3.78. The van der Waals surface area contributed by atoms with Crippen LogP contribution in [-0.4, -0.2) is 19.0 Å². The molecular formula is C11H14F2N2O. The van der Waals surface area contributed by atoms with Crippen molar-refractivity contribution in [2.24, 2.45) is 5.73 Å². The zero-order chi connectivity index (χ0) is 12.0. The lowest BCUT2D eigenvalue weighted by molar-refractivity contribution is -0.120. The van der Waals surface area contributed by atoms with Crippen molar-refractivity contribution in [1.82, 2.24) is 5.32 Å². The van der Waals surface area contributed by atoms with Gasteiger partial charge in [0.2, 0.25) is 5.91 Å². The molecule has 0 bridgehead atoms. The van der Waals surface area contributed by atoms with Crippen LogP contribution in [0.25, 0.3) is 0 Å². The number of carbonyl (C=O) groups excluding carboxylic acids is 1. The van der Waals surface area contributed by atoms with Crippen LogP contribution < -0.4 is 11.1 Å². The van der Waals surface area contributed by atoms with Gasteiger partial charge in [0.1, 0.15) is 0 Å². The van der Waals surface area contributed by atoms with E-state index in [2.05, 4.69) is 5.32 Å². The monoisotopic (exact) mass is 228 g/mol. The van der Waals surface area contributed by atoms with Crippen LogP contribution in [0.2, 0.25) is 0 Å². The Balaban J connectivity index is 2.53. The summed E-state index contributed by atoms with van der Waals surface area (Å²) >= 11 is 0. The van der Waals surface area contributed by atoms with Crippen LogP contribution in [0.4, 0.5) is 8.78 Å². The summed E-state index contributed by atoms with van der Waals surface area (Å²) in [5, 5.41) is 2.57. The van der Waals surface area contributed by atoms with Crippen molar-refractivity contribution in [3.05, 3.63) is 35.4 Å². The molecule has 0 spiro atoms. The van der Waals surface area contributed by atoms with Gasteiger partial charge in [-0.3, -0.25) is 4.79 Å². The van der Waals surface area contributed by atoms with Gasteiger partial charge in [-0.1, -0.05) is 12.1 Å². The fraction of sp³-hybridized carbons (Fsp3) is 0.364. The number of rotatable bonds is 5. The summed E-state index contributed by atoms with van der Waals surface area (Å²) in [5.41, 5.74) is 5.31. The first-order valence-corrected chi connectivity index (χ1v) is 5.05. The molecule has 1 aromatic rings. The molecule has 0 aliphatic rings. The third-order valence-electron chi connectivity index (χ3n) is 2.09. The quantitative estimate of drug-likeness (QED) is 0.738. The Hall–Kier alpha value is -1.49. The molecule has 3 N–H and O–H groups in total. The van der Waals surface area contributed by atoms with E-state index in [0.717, 1.165) is 6.07 Å². The second kappa shape index (κ2) is 6.17. The molecule has 3 nitrogen and oxygen atoms in total. The smallest absolute Gasteiger partial charge is 0.224 e. The second-order valence-electron chi connectivity index (χ2n) is 3.38. The molecule has 0 aliphatic heterocycles. The van der Waals surface area contributed by atoms with E-state index in [9.17, 15) is 13.6 Å². The lowest BCUT2D eigenvalue weighted by atomic mass is 10.1. The van der Waals surface area contributed by atoms with Gasteiger partial charge in [0.25, 0.3) is 0 Å². The van der Waals surface area contributed by atoms with E-state index in [1.807, 2.05) is 0 Å².